The summed E-state index contributed by atoms with van der Waals surface area (Å²) in [5, 5.41) is 3.40. The van der Waals surface area contributed by atoms with Gasteiger partial charge in [-0.2, -0.15) is 0 Å². The van der Waals surface area contributed by atoms with E-state index in [9.17, 15) is 4.79 Å². The van der Waals surface area contributed by atoms with Gasteiger partial charge in [-0.3, -0.25) is 4.79 Å². The molecule has 122 valence electrons. The fraction of sp³-hybridized carbons (Fsp3) is 0.235. The predicted octanol–water partition coefficient (Wildman–Crippen LogP) is 3.68. The van der Waals surface area contributed by atoms with E-state index < -0.39 is 0 Å². The Morgan fingerprint density at radius 1 is 1.09 bits per heavy atom. The Balaban J connectivity index is 1.98. The first kappa shape index (κ1) is 17.0. The number of benzene rings is 2. The smallest absolute Gasteiger partial charge is 0.262 e. The average molecular weight is 336 g/mol. The molecule has 0 aromatic heterocycles. The maximum Gasteiger partial charge on any atom is 0.262 e. The van der Waals surface area contributed by atoms with Crippen molar-refractivity contribution in [2.75, 3.05) is 26.1 Å². The Kier molecular flexibility index (Phi) is 5.71. The molecule has 0 heterocycles. The molecule has 1 N–H and O–H groups in total. The summed E-state index contributed by atoms with van der Waals surface area (Å²) in [5.41, 5.74) is 1.44. The fourth-order valence-corrected chi connectivity index (χ4v) is 2.06. The Morgan fingerprint density at radius 3 is 2.48 bits per heavy atom. The normalized spacial score (nSPS) is 10.1. The highest BCUT2D eigenvalue weighted by molar-refractivity contribution is 6.31. The fourth-order valence-electron chi connectivity index (χ4n) is 1.94. The number of carbonyl (C=O) groups excluding carboxylic acids is 1. The van der Waals surface area contributed by atoms with Gasteiger partial charge in [-0.25, -0.2) is 0 Å². The lowest BCUT2D eigenvalue weighted by Gasteiger charge is -2.12. The van der Waals surface area contributed by atoms with E-state index in [0.29, 0.717) is 28.0 Å². The Labute approximate surface area is 140 Å². The number of ether oxygens (including phenoxy) is 3. The molecule has 0 saturated carbocycles. The largest absolute Gasteiger partial charge is 0.497 e. The number of hydrogen-bond donors (Lipinski definition) is 1. The third kappa shape index (κ3) is 4.53. The number of aryl methyl sites for hydroxylation is 1. The van der Waals surface area contributed by atoms with Crippen molar-refractivity contribution in [2.45, 2.75) is 6.92 Å². The van der Waals surface area contributed by atoms with Crippen LogP contribution < -0.4 is 19.5 Å². The molecule has 0 spiro atoms. The first-order valence-corrected chi connectivity index (χ1v) is 7.32. The number of carbonyl (C=O) groups is 1. The van der Waals surface area contributed by atoms with Gasteiger partial charge in [0.05, 0.1) is 19.9 Å². The molecule has 6 heteroatoms. The van der Waals surface area contributed by atoms with E-state index in [4.69, 9.17) is 25.8 Å². The minimum absolute atomic E-state index is 0.115. The number of halogens is 1. The molecule has 2 aromatic carbocycles. The summed E-state index contributed by atoms with van der Waals surface area (Å²) in [6, 6.07) is 10.4. The maximum atomic E-state index is 12.0. The summed E-state index contributed by atoms with van der Waals surface area (Å²) in [7, 11) is 3.09. The van der Waals surface area contributed by atoms with Crippen molar-refractivity contribution in [2.24, 2.45) is 0 Å². The van der Waals surface area contributed by atoms with Crippen LogP contribution in [0.3, 0.4) is 0 Å². The van der Waals surface area contributed by atoms with E-state index in [1.54, 1.807) is 43.5 Å². The van der Waals surface area contributed by atoms with Crippen LogP contribution in [0, 0.1) is 6.92 Å². The van der Waals surface area contributed by atoms with Gasteiger partial charge in [0.1, 0.15) is 17.2 Å². The molecule has 5 nitrogen and oxygen atoms in total. The van der Waals surface area contributed by atoms with E-state index >= 15 is 0 Å². The van der Waals surface area contributed by atoms with Crippen molar-refractivity contribution in [3.05, 3.63) is 47.0 Å². The van der Waals surface area contributed by atoms with Gasteiger partial charge in [0.25, 0.3) is 5.91 Å². The second-order valence-electron chi connectivity index (χ2n) is 4.81. The zero-order valence-corrected chi connectivity index (χ0v) is 13.9. The second kappa shape index (κ2) is 7.74. The van der Waals surface area contributed by atoms with E-state index in [1.165, 1.54) is 7.11 Å². The van der Waals surface area contributed by atoms with Gasteiger partial charge in [-0.15, -0.1) is 0 Å². The van der Waals surface area contributed by atoms with Crippen LogP contribution in [0.25, 0.3) is 0 Å². The van der Waals surface area contributed by atoms with Gasteiger partial charge in [0.15, 0.2) is 6.61 Å². The highest BCUT2D eigenvalue weighted by atomic mass is 35.5. The molecule has 0 unspecified atom stereocenters. The van der Waals surface area contributed by atoms with Crippen LogP contribution in [0.15, 0.2) is 36.4 Å². The predicted molar refractivity (Wildman–Crippen MR) is 89.9 cm³/mol. The van der Waals surface area contributed by atoms with Crippen molar-refractivity contribution in [1.82, 2.24) is 0 Å². The summed E-state index contributed by atoms with van der Waals surface area (Å²) in [6.07, 6.45) is 0. The number of amides is 1. The van der Waals surface area contributed by atoms with Crippen LogP contribution in [0.4, 0.5) is 5.69 Å². The minimum Gasteiger partial charge on any atom is -0.497 e. The molecular formula is C17H18ClNO4. The number of nitrogens with one attached hydrogen (secondary N) is 1. The van der Waals surface area contributed by atoms with Gasteiger partial charge in [0.2, 0.25) is 0 Å². The van der Waals surface area contributed by atoms with Gasteiger partial charge in [-0.05, 0) is 42.8 Å². The molecule has 0 radical (unpaired) electrons. The van der Waals surface area contributed by atoms with E-state index in [1.807, 2.05) is 6.92 Å². The molecule has 1 amide bonds. The molecule has 0 aliphatic carbocycles. The molecule has 0 aliphatic heterocycles. The van der Waals surface area contributed by atoms with Crippen LogP contribution >= 0.6 is 11.6 Å². The van der Waals surface area contributed by atoms with Crippen LogP contribution in [-0.2, 0) is 4.79 Å². The molecule has 23 heavy (non-hydrogen) atoms. The topological polar surface area (TPSA) is 56.8 Å². The molecular weight excluding hydrogens is 318 g/mol. The molecule has 2 aromatic rings. The van der Waals surface area contributed by atoms with Crippen LogP contribution in [-0.4, -0.2) is 26.7 Å². The lowest BCUT2D eigenvalue weighted by atomic mass is 10.2. The molecule has 0 bridgehead atoms. The van der Waals surface area contributed by atoms with Gasteiger partial charge in [-0.1, -0.05) is 11.6 Å². The van der Waals surface area contributed by atoms with E-state index in [-0.39, 0.29) is 12.5 Å². The number of hydrogen-bond acceptors (Lipinski definition) is 4. The van der Waals surface area contributed by atoms with Crippen molar-refractivity contribution in [3.63, 3.8) is 0 Å². The zero-order chi connectivity index (χ0) is 16.8. The van der Waals surface area contributed by atoms with Gasteiger partial charge in [0, 0.05) is 11.1 Å². The SMILES string of the molecule is COc1ccc(NC(=O)COc2ccc(Cl)c(C)c2)c(OC)c1. The summed E-state index contributed by atoms with van der Waals surface area (Å²) in [6.45, 7) is 1.76. The lowest BCUT2D eigenvalue weighted by Crippen LogP contribution is -2.20. The third-order valence-corrected chi connectivity index (χ3v) is 3.61. The Hall–Kier alpha value is -2.40. The van der Waals surface area contributed by atoms with Crippen LogP contribution in [0.1, 0.15) is 5.56 Å². The first-order chi connectivity index (χ1) is 11.0. The Morgan fingerprint density at radius 2 is 1.83 bits per heavy atom. The third-order valence-electron chi connectivity index (χ3n) is 3.18. The lowest BCUT2D eigenvalue weighted by molar-refractivity contribution is -0.118. The quantitative estimate of drug-likeness (QED) is 0.874. The zero-order valence-electron chi connectivity index (χ0n) is 13.2. The number of rotatable bonds is 6. The van der Waals surface area contributed by atoms with Crippen LogP contribution in [0.2, 0.25) is 5.02 Å². The summed E-state index contributed by atoms with van der Waals surface area (Å²) < 4.78 is 15.8. The van der Waals surface area contributed by atoms with Crippen molar-refractivity contribution < 1.29 is 19.0 Å². The summed E-state index contributed by atoms with van der Waals surface area (Å²) in [5.74, 6) is 1.46. The van der Waals surface area contributed by atoms with E-state index in [2.05, 4.69) is 5.32 Å². The highest BCUT2D eigenvalue weighted by Gasteiger charge is 2.10. The number of anilines is 1. The average Bonchev–Trinajstić information content (AvgIpc) is 2.56. The monoisotopic (exact) mass is 335 g/mol. The standard InChI is InChI=1S/C17H18ClNO4/c1-11-8-13(4-6-14(11)18)23-10-17(20)19-15-7-5-12(21-2)9-16(15)22-3/h4-9H,10H2,1-3H3,(H,19,20). The minimum atomic E-state index is -0.291. The Bertz CT molecular complexity index is 703. The molecule has 0 atom stereocenters. The van der Waals surface area contributed by atoms with E-state index in [0.717, 1.165) is 5.56 Å². The number of methoxy groups -OCH3 is 2. The van der Waals surface area contributed by atoms with Crippen molar-refractivity contribution in [1.29, 1.82) is 0 Å². The molecule has 2 rings (SSSR count). The van der Waals surface area contributed by atoms with Crippen LogP contribution in [0.5, 0.6) is 17.2 Å². The van der Waals surface area contributed by atoms with Gasteiger partial charge >= 0.3 is 0 Å². The van der Waals surface area contributed by atoms with Gasteiger partial charge < -0.3 is 19.5 Å². The second-order valence-corrected chi connectivity index (χ2v) is 5.22. The summed E-state index contributed by atoms with van der Waals surface area (Å²) >= 11 is 5.95. The van der Waals surface area contributed by atoms with Crippen molar-refractivity contribution >= 4 is 23.2 Å². The van der Waals surface area contributed by atoms with Crippen molar-refractivity contribution in [3.8, 4) is 17.2 Å². The first-order valence-electron chi connectivity index (χ1n) is 6.94. The maximum absolute atomic E-state index is 12.0. The molecule has 0 fully saturated rings. The molecule has 0 saturated heterocycles. The highest BCUT2D eigenvalue weighted by Crippen LogP contribution is 2.29. The summed E-state index contributed by atoms with van der Waals surface area (Å²) in [4.78, 5) is 12.0. The molecule has 0 aliphatic rings.